The second kappa shape index (κ2) is 6.51. The van der Waals surface area contributed by atoms with Gasteiger partial charge in [-0.15, -0.1) is 0 Å². The van der Waals surface area contributed by atoms with Crippen LogP contribution in [0.25, 0.3) is 5.69 Å². The smallest absolute Gasteiger partial charge is 0.392 e. The molecule has 1 saturated heterocycles. The molecule has 0 aliphatic carbocycles. The average molecular weight is 353 g/mol. The van der Waals surface area contributed by atoms with Crippen molar-refractivity contribution in [2.24, 2.45) is 0 Å². The van der Waals surface area contributed by atoms with Crippen LogP contribution in [-0.4, -0.2) is 32.2 Å². The third-order valence-corrected chi connectivity index (χ3v) is 4.39. The number of carbonyl (C=O) groups excluding carboxylic acids is 1. The van der Waals surface area contributed by atoms with E-state index in [9.17, 15) is 23.1 Å². The number of carbonyl (C=O) groups is 1. The molecule has 0 bridgehead atoms. The molecule has 0 spiro atoms. The molecule has 2 heterocycles. The van der Waals surface area contributed by atoms with E-state index in [1.807, 2.05) is 0 Å². The minimum Gasteiger partial charge on any atom is -0.392 e. The Morgan fingerprint density at radius 2 is 1.92 bits per heavy atom. The molecular formula is C17H18F3N3O2. The molecule has 1 aliphatic rings. The molecule has 1 aromatic heterocycles. The number of alkyl halides is 3. The van der Waals surface area contributed by atoms with Gasteiger partial charge in [0, 0.05) is 30.8 Å². The van der Waals surface area contributed by atoms with Gasteiger partial charge in [0.1, 0.15) is 0 Å². The van der Waals surface area contributed by atoms with Gasteiger partial charge in [-0.2, -0.15) is 18.3 Å². The quantitative estimate of drug-likeness (QED) is 0.920. The second-order valence-corrected chi connectivity index (χ2v) is 6.07. The molecule has 1 fully saturated rings. The predicted molar refractivity (Wildman–Crippen MR) is 83.9 cm³/mol. The van der Waals surface area contributed by atoms with E-state index in [0.717, 1.165) is 18.5 Å². The van der Waals surface area contributed by atoms with Gasteiger partial charge >= 0.3 is 6.18 Å². The molecule has 0 unspecified atom stereocenters. The van der Waals surface area contributed by atoms with E-state index in [0.29, 0.717) is 18.7 Å². The molecule has 3 rings (SSSR count). The summed E-state index contributed by atoms with van der Waals surface area (Å²) in [6.45, 7) is 1.99. The highest BCUT2D eigenvalue weighted by atomic mass is 19.4. The van der Waals surface area contributed by atoms with Crippen molar-refractivity contribution in [2.75, 3.05) is 6.54 Å². The maximum Gasteiger partial charge on any atom is 0.435 e. The lowest BCUT2D eigenvalue weighted by Gasteiger charge is -2.15. The third kappa shape index (κ3) is 3.39. The average Bonchev–Trinajstić information content (AvgIpc) is 3.11. The van der Waals surface area contributed by atoms with Crippen LogP contribution >= 0.6 is 0 Å². The lowest BCUT2D eigenvalue weighted by atomic mass is 10.1. The van der Waals surface area contributed by atoms with Crippen LogP contribution in [0, 0.1) is 6.92 Å². The normalized spacial score (nSPS) is 15.2. The number of hydrogen-bond donors (Lipinski definition) is 1. The van der Waals surface area contributed by atoms with Gasteiger partial charge in [-0.25, -0.2) is 4.68 Å². The van der Waals surface area contributed by atoms with Gasteiger partial charge < -0.3 is 10.0 Å². The summed E-state index contributed by atoms with van der Waals surface area (Å²) in [5.74, 6) is 0.120. The first kappa shape index (κ1) is 17.5. The summed E-state index contributed by atoms with van der Waals surface area (Å²) in [5.41, 5.74) is 0.331. The molecule has 0 atom stereocenters. The third-order valence-electron chi connectivity index (χ3n) is 4.39. The number of halogens is 3. The first-order valence-corrected chi connectivity index (χ1v) is 7.95. The van der Waals surface area contributed by atoms with Gasteiger partial charge in [0.25, 0.3) is 0 Å². The van der Waals surface area contributed by atoms with E-state index in [1.54, 1.807) is 29.2 Å². The van der Waals surface area contributed by atoms with Gasteiger partial charge in [-0.3, -0.25) is 4.79 Å². The molecule has 1 aromatic carbocycles. The predicted octanol–water partition coefficient (Wildman–Crippen LogP) is 2.81. The Balaban J connectivity index is 1.87. The van der Waals surface area contributed by atoms with Crippen LogP contribution in [0.15, 0.2) is 24.3 Å². The van der Waals surface area contributed by atoms with Crippen LogP contribution in [0.1, 0.15) is 35.4 Å². The van der Waals surface area contributed by atoms with Crippen LogP contribution in [0.3, 0.4) is 0 Å². The number of nitrogens with zero attached hydrogens (tertiary/aromatic N) is 3. The van der Waals surface area contributed by atoms with Gasteiger partial charge in [0.05, 0.1) is 12.3 Å². The first-order valence-electron chi connectivity index (χ1n) is 7.95. The Labute approximate surface area is 142 Å². The molecule has 1 N–H and O–H groups in total. The molecule has 2 aromatic rings. The van der Waals surface area contributed by atoms with Crippen molar-refractivity contribution in [2.45, 2.75) is 39.1 Å². The zero-order valence-electron chi connectivity index (χ0n) is 13.7. The minimum absolute atomic E-state index is 0.120. The standard InChI is InChI=1S/C17H18F3N3O2/c1-11-14(10-24)16(17(18,19)20)21-23(11)13-6-4-12(5-7-13)9-22-8-2-3-15(22)25/h4-7,24H,2-3,8-10H2,1H3. The molecule has 0 radical (unpaired) electrons. The molecule has 5 nitrogen and oxygen atoms in total. The molecule has 1 amide bonds. The highest BCUT2D eigenvalue weighted by Crippen LogP contribution is 2.33. The number of rotatable bonds is 4. The maximum absolute atomic E-state index is 13.0. The number of amides is 1. The van der Waals surface area contributed by atoms with Gasteiger partial charge in [-0.05, 0) is 31.0 Å². The SMILES string of the molecule is Cc1c(CO)c(C(F)(F)F)nn1-c1ccc(CN2CCCC2=O)cc1. The fourth-order valence-corrected chi connectivity index (χ4v) is 3.04. The number of aliphatic hydroxyl groups excluding tert-OH is 1. The summed E-state index contributed by atoms with van der Waals surface area (Å²) in [5, 5.41) is 12.9. The van der Waals surface area contributed by atoms with Crippen molar-refractivity contribution in [1.82, 2.24) is 14.7 Å². The monoisotopic (exact) mass is 353 g/mol. The van der Waals surface area contributed by atoms with Crippen LogP contribution in [0.2, 0.25) is 0 Å². The fourth-order valence-electron chi connectivity index (χ4n) is 3.04. The van der Waals surface area contributed by atoms with Crippen molar-refractivity contribution < 1.29 is 23.1 Å². The molecule has 8 heteroatoms. The Morgan fingerprint density at radius 3 is 2.40 bits per heavy atom. The lowest BCUT2D eigenvalue weighted by molar-refractivity contribution is -0.142. The number of likely N-dealkylation sites (tertiary alicyclic amines) is 1. The Hall–Kier alpha value is -2.35. The van der Waals surface area contributed by atoms with Crippen molar-refractivity contribution in [3.8, 4) is 5.69 Å². The summed E-state index contributed by atoms with van der Waals surface area (Å²) < 4.78 is 40.3. The summed E-state index contributed by atoms with van der Waals surface area (Å²) in [7, 11) is 0. The van der Waals surface area contributed by atoms with E-state index in [-0.39, 0.29) is 17.2 Å². The zero-order valence-corrected chi connectivity index (χ0v) is 13.7. The van der Waals surface area contributed by atoms with E-state index < -0.39 is 18.5 Å². The molecule has 25 heavy (non-hydrogen) atoms. The van der Waals surface area contributed by atoms with E-state index in [4.69, 9.17) is 0 Å². The van der Waals surface area contributed by atoms with Crippen LogP contribution in [0.5, 0.6) is 0 Å². The largest absolute Gasteiger partial charge is 0.435 e. The van der Waals surface area contributed by atoms with Crippen LogP contribution < -0.4 is 0 Å². The number of benzene rings is 1. The summed E-state index contributed by atoms with van der Waals surface area (Å²) in [4.78, 5) is 13.4. The Kier molecular flexibility index (Phi) is 4.55. The van der Waals surface area contributed by atoms with Gasteiger partial charge in [0.2, 0.25) is 5.91 Å². The fraction of sp³-hybridized carbons (Fsp3) is 0.412. The molecular weight excluding hydrogens is 335 g/mol. The van der Waals surface area contributed by atoms with E-state index >= 15 is 0 Å². The van der Waals surface area contributed by atoms with Crippen molar-refractivity contribution in [3.05, 3.63) is 46.8 Å². The highest BCUT2D eigenvalue weighted by molar-refractivity contribution is 5.78. The topological polar surface area (TPSA) is 58.4 Å². The minimum atomic E-state index is -4.62. The maximum atomic E-state index is 13.0. The lowest BCUT2D eigenvalue weighted by Crippen LogP contribution is -2.23. The molecule has 1 aliphatic heterocycles. The second-order valence-electron chi connectivity index (χ2n) is 6.07. The van der Waals surface area contributed by atoms with Gasteiger partial charge in [-0.1, -0.05) is 12.1 Å². The summed E-state index contributed by atoms with van der Waals surface area (Å²) in [6.07, 6.45) is -3.20. The number of hydrogen-bond acceptors (Lipinski definition) is 3. The van der Waals surface area contributed by atoms with Crippen molar-refractivity contribution >= 4 is 5.91 Å². The molecule has 0 saturated carbocycles. The van der Waals surface area contributed by atoms with Crippen LogP contribution in [0.4, 0.5) is 13.2 Å². The number of aromatic nitrogens is 2. The van der Waals surface area contributed by atoms with Crippen molar-refractivity contribution in [1.29, 1.82) is 0 Å². The van der Waals surface area contributed by atoms with Gasteiger partial charge in [0.15, 0.2) is 5.69 Å². The first-order chi connectivity index (χ1) is 11.8. The zero-order chi connectivity index (χ0) is 18.2. The van der Waals surface area contributed by atoms with E-state index in [2.05, 4.69) is 5.10 Å². The molecule has 134 valence electrons. The summed E-state index contributed by atoms with van der Waals surface area (Å²) in [6, 6.07) is 6.87. The van der Waals surface area contributed by atoms with E-state index in [1.165, 1.54) is 11.6 Å². The number of aliphatic hydroxyl groups is 1. The van der Waals surface area contributed by atoms with Crippen molar-refractivity contribution in [3.63, 3.8) is 0 Å². The Morgan fingerprint density at radius 1 is 1.24 bits per heavy atom. The summed E-state index contributed by atoms with van der Waals surface area (Å²) >= 11 is 0. The van der Waals surface area contributed by atoms with Crippen LogP contribution in [-0.2, 0) is 24.1 Å². The Bertz CT molecular complexity index is 782. The highest BCUT2D eigenvalue weighted by Gasteiger charge is 2.38.